The number of carbonyl (C=O) groups is 2. The van der Waals surface area contributed by atoms with E-state index in [2.05, 4.69) is 0 Å². The Kier molecular flexibility index (Phi) is 3.45. The first kappa shape index (κ1) is 14.1. The fourth-order valence-corrected chi connectivity index (χ4v) is 3.41. The molecular formula is C16H20N2O3. The molecule has 3 rings (SSSR count). The molecule has 3 N–H and O–H groups in total. The second-order valence-corrected chi connectivity index (χ2v) is 6.07. The smallest absolute Gasteiger partial charge is 0.335 e. The Balaban J connectivity index is 1.87. The second kappa shape index (κ2) is 5.15. The van der Waals surface area contributed by atoms with E-state index < -0.39 is 11.5 Å². The van der Waals surface area contributed by atoms with Crippen LogP contribution in [0.2, 0.25) is 0 Å². The first-order valence-electron chi connectivity index (χ1n) is 7.48. The standard InChI is InChI=1S/C16H20N2O3/c17-16(7-2-1-3-8-16)15(21)18-9-6-11-10-12(14(19)20)4-5-13(11)18/h4-5,10H,1-3,6-9,17H2,(H,19,20). The van der Waals surface area contributed by atoms with Gasteiger partial charge >= 0.3 is 5.97 Å². The molecule has 2 aliphatic rings. The molecule has 1 aliphatic carbocycles. The molecule has 0 spiro atoms. The molecule has 0 unspecified atom stereocenters. The van der Waals surface area contributed by atoms with E-state index in [-0.39, 0.29) is 11.5 Å². The predicted octanol–water partition coefficient (Wildman–Crippen LogP) is 1.94. The van der Waals surface area contributed by atoms with Crippen LogP contribution in [0.4, 0.5) is 5.69 Å². The molecule has 0 atom stereocenters. The second-order valence-electron chi connectivity index (χ2n) is 6.07. The zero-order valence-corrected chi connectivity index (χ0v) is 12.0. The lowest BCUT2D eigenvalue weighted by Gasteiger charge is -2.35. The predicted molar refractivity (Wildman–Crippen MR) is 79.5 cm³/mol. The van der Waals surface area contributed by atoms with Crippen molar-refractivity contribution in [2.75, 3.05) is 11.4 Å². The third-order valence-corrected chi connectivity index (χ3v) is 4.64. The number of nitrogens with zero attached hydrogens (tertiary/aromatic N) is 1. The van der Waals surface area contributed by atoms with Gasteiger partial charge in [-0.3, -0.25) is 4.79 Å². The highest BCUT2D eigenvalue weighted by molar-refractivity contribution is 6.02. The number of anilines is 1. The van der Waals surface area contributed by atoms with Gasteiger partial charge in [0, 0.05) is 12.2 Å². The van der Waals surface area contributed by atoms with E-state index in [0.717, 1.165) is 43.4 Å². The lowest BCUT2D eigenvalue weighted by Crippen LogP contribution is -2.56. The van der Waals surface area contributed by atoms with Crippen molar-refractivity contribution in [2.24, 2.45) is 5.73 Å². The quantitative estimate of drug-likeness (QED) is 0.871. The van der Waals surface area contributed by atoms with Crippen LogP contribution in [0.5, 0.6) is 0 Å². The summed E-state index contributed by atoms with van der Waals surface area (Å²) in [6, 6.07) is 4.95. The van der Waals surface area contributed by atoms with E-state index in [9.17, 15) is 9.59 Å². The van der Waals surface area contributed by atoms with Gasteiger partial charge in [-0.2, -0.15) is 0 Å². The van der Waals surface area contributed by atoms with Gasteiger partial charge in [-0.05, 0) is 43.0 Å². The van der Waals surface area contributed by atoms with E-state index in [0.29, 0.717) is 13.0 Å². The maximum absolute atomic E-state index is 12.8. The minimum absolute atomic E-state index is 0.0102. The number of carboxylic acid groups (broad SMARTS) is 1. The normalized spacial score (nSPS) is 20.1. The van der Waals surface area contributed by atoms with Gasteiger partial charge in [0.05, 0.1) is 11.1 Å². The molecule has 1 amide bonds. The van der Waals surface area contributed by atoms with E-state index in [1.807, 2.05) is 0 Å². The minimum Gasteiger partial charge on any atom is -0.478 e. The highest BCUT2D eigenvalue weighted by Gasteiger charge is 2.40. The van der Waals surface area contributed by atoms with Crippen molar-refractivity contribution in [3.63, 3.8) is 0 Å². The van der Waals surface area contributed by atoms with E-state index in [1.165, 1.54) is 0 Å². The average Bonchev–Trinajstić information content (AvgIpc) is 2.90. The monoisotopic (exact) mass is 288 g/mol. The van der Waals surface area contributed by atoms with Crippen molar-refractivity contribution >= 4 is 17.6 Å². The Morgan fingerprint density at radius 3 is 2.57 bits per heavy atom. The van der Waals surface area contributed by atoms with Gasteiger partial charge in [0.2, 0.25) is 5.91 Å². The van der Waals surface area contributed by atoms with Crippen molar-refractivity contribution in [3.05, 3.63) is 29.3 Å². The van der Waals surface area contributed by atoms with Gasteiger partial charge in [-0.25, -0.2) is 4.79 Å². The Morgan fingerprint density at radius 1 is 1.19 bits per heavy atom. The van der Waals surface area contributed by atoms with Crippen molar-refractivity contribution in [1.82, 2.24) is 0 Å². The molecule has 0 radical (unpaired) electrons. The summed E-state index contributed by atoms with van der Waals surface area (Å²) in [6.07, 6.45) is 5.32. The number of carboxylic acids is 1. The van der Waals surface area contributed by atoms with Crippen LogP contribution in [0, 0.1) is 0 Å². The summed E-state index contributed by atoms with van der Waals surface area (Å²) in [5, 5.41) is 9.04. The van der Waals surface area contributed by atoms with Crippen LogP contribution in [0.3, 0.4) is 0 Å². The lowest BCUT2D eigenvalue weighted by atomic mass is 9.81. The van der Waals surface area contributed by atoms with Gasteiger partial charge < -0.3 is 15.7 Å². The largest absolute Gasteiger partial charge is 0.478 e. The Hall–Kier alpha value is -1.88. The highest BCUT2D eigenvalue weighted by Crippen LogP contribution is 2.34. The summed E-state index contributed by atoms with van der Waals surface area (Å²) < 4.78 is 0. The van der Waals surface area contributed by atoms with Crippen LogP contribution in [0.1, 0.15) is 48.0 Å². The van der Waals surface area contributed by atoms with E-state index in [1.54, 1.807) is 23.1 Å². The summed E-state index contributed by atoms with van der Waals surface area (Å²) in [7, 11) is 0. The van der Waals surface area contributed by atoms with Crippen LogP contribution in [0.25, 0.3) is 0 Å². The highest BCUT2D eigenvalue weighted by atomic mass is 16.4. The number of benzene rings is 1. The van der Waals surface area contributed by atoms with Crippen LogP contribution < -0.4 is 10.6 Å². The topological polar surface area (TPSA) is 83.6 Å². The number of fused-ring (bicyclic) bond motifs is 1. The zero-order valence-electron chi connectivity index (χ0n) is 12.0. The molecule has 1 saturated carbocycles. The number of aromatic carboxylic acids is 1. The summed E-state index contributed by atoms with van der Waals surface area (Å²) in [6.45, 7) is 0.593. The first-order valence-corrected chi connectivity index (χ1v) is 7.48. The zero-order chi connectivity index (χ0) is 15.0. The van der Waals surface area contributed by atoms with Crippen LogP contribution >= 0.6 is 0 Å². The summed E-state index contributed by atoms with van der Waals surface area (Å²) in [5.74, 6) is -0.950. The van der Waals surface area contributed by atoms with Gasteiger partial charge in [-0.15, -0.1) is 0 Å². The van der Waals surface area contributed by atoms with Crippen molar-refractivity contribution in [1.29, 1.82) is 0 Å². The lowest BCUT2D eigenvalue weighted by molar-refractivity contribution is -0.124. The third-order valence-electron chi connectivity index (χ3n) is 4.64. The van der Waals surface area contributed by atoms with Crippen LogP contribution in [-0.4, -0.2) is 29.1 Å². The molecule has 0 saturated heterocycles. The van der Waals surface area contributed by atoms with Crippen LogP contribution in [-0.2, 0) is 11.2 Å². The number of amides is 1. The molecule has 5 nitrogen and oxygen atoms in total. The van der Waals surface area contributed by atoms with Crippen molar-refractivity contribution in [2.45, 2.75) is 44.1 Å². The summed E-state index contributed by atoms with van der Waals surface area (Å²) in [5.41, 5.74) is 7.59. The van der Waals surface area contributed by atoms with E-state index >= 15 is 0 Å². The molecule has 1 aliphatic heterocycles. The maximum atomic E-state index is 12.8. The van der Waals surface area contributed by atoms with Crippen molar-refractivity contribution < 1.29 is 14.7 Å². The summed E-state index contributed by atoms with van der Waals surface area (Å²) in [4.78, 5) is 25.5. The van der Waals surface area contributed by atoms with Gasteiger partial charge in [0.25, 0.3) is 0 Å². The SMILES string of the molecule is NC1(C(=O)N2CCc3cc(C(=O)O)ccc32)CCCCC1. The van der Waals surface area contributed by atoms with Gasteiger partial charge in [0.1, 0.15) is 0 Å². The maximum Gasteiger partial charge on any atom is 0.335 e. The van der Waals surface area contributed by atoms with Gasteiger partial charge in [0.15, 0.2) is 0 Å². The number of rotatable bonds is 2. The van der Waals surface area contributed by atoms with E-state index in [4.69, 9.17) is 10.8 Å². The molecule has 1 aromatic rings. The van der Waals surface area contributed by atoms with Crippen LogP contribution in [0.15, 0.2) is 18.2 Å². The molecule has 1 aromatic carbocycles. The average molecular weight is 288 g/mol. The van der Waals surface area contributed by atoms with Crippen molar-refractivity contribution in [3.8, 4) is 0 Å². The summed E-state index contributed by atoms with van der Waals surface area (Å²) >= 11 is 0. The fourth-order valence-electron chi connectivity index (χ4n) is 3.41. The Morgan fingerprint density at radius 2 is 1.90 bits per heavy atom. The molecule has 0 aromatic heterocycles. The Labute approximate surface area is 123 Å². The number of hydrogen-bond donors (Lipinski definition) is 2. The molecule has 1 fully saturated rings. The number of nitrogens with two attached hydrogens (primary N) is 1. The molecule has 112 valence electrons. The fraction of sp³-hybridized carbons (Fsp3) is 0.500. The van der Waals surface area contributed by atoms with Gasteiger partial charge in [-0.1, -0.05) is 19.3 Å². The molecule has 21 heavy (non-hydrogen) atoms. The molecule has 1 heterocycles. The molecular weight excluding hydrogens is 268 g/mol. The third kappa shape index (κ3) is 2.42. The molecule has 5 heteroatoms. The number of hydrogen-bond acceptors (Lipinski definition) is 3. The number of carbonyl (C=O) groups excluding carboxylic acids is 1. The first-order chi connectivity index (χ1) is 10.0. The molecule has 0 bridgehead atoms. The minimum atomic E-state index is -0.940. The Bertz CT molecular complexity index is 591.